The molecular weight excluding hydrogens is 140 g/mol. The van der Waals surface area contributed by atoms with E-state index in [2.05, 4.69) is 11.9 Å². The van der Waals surface area contributed by atoms with Gasteiger partial charge in [0.15, 0.2) is 0 Å². The summed E-state index contributed by atoms with van der Waals surface area (Å²) in [5, 5.41) is 3.05. The highest BCUT2D eigenvalue weighted by Gasteiger charge is 2.29. The van der Waals surface area contributed by atoms with Crippen LogP contribution in [0.2, 0.25) is 0 Å². The predicted octanol–water partition coefficient (Wildman–Crippen LogP) is -0.00730. The van der Waals surface area contributed by atoms with Crippen LogP contribution < -0.4 is 5.32 Å². The Labute approximate surface area is 67.1 Å². The van der Waals surface area contributed by atoms with Crippen LogP contribution in [-0.2, 0) is 4.79 Å². The monoisotopic (exact) mass is 154 g/mol. The molecule has 1 atom stereocenters. The zero-order chi connectivity index (χ0) is 8.27. The van der Waals surface area contributed by atoms with Crippen molar-refractivity contribution in [1.29, 1.82) is 0 Å². The average Bonchev–Trinajstić information content (AvgIpc) is 1.98. The van der Waals surface area contributed by atoms with Gasteiger partial charge in [0.1, 0.15) is 0 Å². The van der Waals surface area contributed by atoms with E-state index in [4.69, 9.17) is 0 Å². The van der Waals surface area contributed by atoms with E-state index in [1.807, 2.05) is 11.9 Å². The standard InChI is InChI=1S/C8H14N2O/c1-3-8(11)10-5-4-7(10)6-9-2/h3,7,9H,1,4-6H2,2H3. The smallest absolute Gasteiger partial charge is 0.246 e. The number of hydrogen-bond acceptors (Lipinski definition) is 2. The molecular formula is C8H14N2O. The lowest BCUT2D eigenvalue weighted by Crippen LogP contribution is -2.54. The van der Waals surface area contributed by atoms with Crippen LogP contribution in [0.5, 0.6) is 0 Å². The first-order chi connectivity index (χ1) is 5.29. The van der Waals surface area contributed by atoms with Crippen LogP contribution in [0.1, 0.15) is 6.42 Å². The highest BCUT2D eigenvalue weighted by molar-refractivity contribution is 5.87. The van der Waals surface area contributed by atoms with Crippen LogP contribution in [0, 0.1) is 0 Å². The maximum absolute atomic E-state index is 11.1. The van der Waals surface area contributed by atoms with Gasteiger partial charge in [-0.15, -0.1) is 0 Å². The zero-order valence-electron chi connectivity index (χ0n) is 6.84. The molecule has 1 unspecified atom stereocenters. The Bertz CT molecular complexity index is 167. The largest absolute Gasteiger partial charge is 0.335 e. The molecule has 0 aliphatic carbocycles. The number of amides is 1. The number of nitrogens with one attached hydrogen (secondary N) is 1. The number of likely N-dealkylation sites (tertiary alicyclic amines) is 1. The summed E-state index contributed by atoms with van der Waals surface area (Å²) in [7, 11) is 1.90. The van der Waals surface area contributed by atoms with Crippen molar-refractivity contribution in [3.63, 3.8) is 0 Å². The van der Waals surface area contributed by atoms with Crippen molar-refractivity contribution in [3.05, 3.63) is 12.7 Å². The number of carbonyl (C=O) groups is 1. The van der Waals surface area contributed by atoms with Crippen LogP contribution in [0.3, 0.4) is 0 Å². The number of carbonyl (C=O) groups excluding carboxylic acids is 1. The molecule has 0 saturated carbocycles. The molecule has 0 bridgehead atoms. The van der Waals surface area contributed by atoms with Gasteiger partial charge in [-0.2, -0.15) is 0 Å². The molecule has 0 radical (unpaired) electrons. The van der Waals surface area contributed by atoms with Crippen LogP contribution in [0.15, 0.2) is 12.7 Å². The molecule has 11 heavy (non-hydrogen) atoms. The number of hydrogen-bond donors (Lipinski definition) is 1. The van der Waals surface area contributed by atoms with Crippen molar-refractivity contribution < 1.29 is 4.79 Å². The number of likely N-dealkylation sites (N-methyl/N-ethyl adjacent to an activating group) is 1. The molecule has 0 aromatic carbocycles. The topological polar surface area (TPSA) is 32.3 Å². The molecule has 1 rings (SSSR count). The van der Waals surface area contributed by atoms with Crippen molar-refractivity contribution in [2.24, 2.45) is 0 Å². The van der Waals surface area contributed by atoms with Crippen LogP contribution >= 0.6 is 0 Å². The predicted molar refractivity (Wildman–Crippen MR) is 44.2 cm³/mol. The van der Waals surface area contributed by atoms with Crippen molar-refractivity contribution in [2.75, 3.05) is 20.1 Å². The zero-order valence-corrected chi connectivity index (χ0v) is 6.84. The van der Waals surface area contributed by atoms with Gasteiger partial charge >= 0.3 is 0 Å². The summed E-state index contributed by atoms with van der Waals surface area (Å²) in [5.41, 5.74) is 0. The second kappa shape index (κ2) is 3.53. The Balaban J connectivity index is 2.36. The minimum Gasteiger partial charge on any atom is -0.335 e. The maximum Gasteiger partial charge on any atom is 0.246 e. The summed E-state index contributed by atoms with van der Waals surface area (Å²) < 4.78 is 0. The highest BCUT2D eigenvalue weighted by Crippen LogP contribution is 2.16. The summed E-state index contributed by atoms with van der Waals surface area (Å²) in [6, 6.07) is 0.394. The lowest BCUT2D eigenvalue weighted by Gasteiger charge is -2.40. The summed E-state index contributed by atoms with van der Waals surface area (Å²) in [6.45, 7) is 5.22. The first-order valence-corrected chi connectivity index (χ1v) is 3.87. The van der Waals surface area contributed by atoms with Crippen molar-refractivity contribution in [3.8, 4) is 0 Å². The van der Waals surface area contributed by atoms with Gasteiger partial charge in [-0.3, -0.25) is 4.79 Å². The van der Waals surface area contributed by atoms with E-state index in [0.717, 1.165) is 19.5 Å². The number of rotatable bonds is 3. The van der Waals surface area contributed by atoms with Gasteiger partial charge < -0.3 is 10.2 Å². The second-order valence-electron chi connectivity index (χ2n) is 2.74. The van der Waals surface area contributed by atoms with Gasteiger partial charge in [-0.1, -0.05) is 6.58 Å². The molecule has 1 heterocycles. The fourth-order valence-electron chi connectivity index (χ4n) is 1.30. The summed E-state index contributed by atoms with van der Waals surface area (Å²) in [5.74, 6) is 0.0523. The van der Waals surface area contributed by atoms with Gasteiger partial charge in [0.05, 0.1) is 0 Å². The lowest BCUT2D eigenvalue weighted by molar-refractivity contribution is -0.133. The quantitative estimate of drug-likeness (QED) is 0.580. The van der Waals surface area contributed by atoms with E-state index >= 15 is 0 Å². The Hall–Kier alpha value is -0.830. The normalized spacial score (nSPS) is 22.6. The van der Waals surface area contributed by atoms with Crippen molar-refractivity contribution in [1.82, 2.24) is 10.2 Å². The number of nitrogens with zero attached hydrogens (tertiary/aromatic N) is 1. The van der Waals surface area contributed by atoms with Gasteiger partial charge in [-0.05, 0) is 19.5 Å². The average molecular weight is 154 g/mol. The van der Waals surface area contributed by atoms with Gasteiger partial charge in [0.25, 0.3) is 0 Å². The summed E-state index contributed by atoms with van der Waals surface area (Å²) >= 11 is 0. The third-order valence-corrected chi connectivity index (χ3v) is 2.04. The van der Waals surface area contributed by atoms with Crippen molar-refractivity contribution in [2.45, 2.75) is 12.5 Å². The van der Waals surface area contributed by atoms with E-state index in [9.17, 15) is 4.79 Å². The molecule has 1 fully saturated rings. The molecule has 0 spiro atoms. The molecule has 1 aliphatic heterocycles. The molecule has 3 heteroatoms. The Morgan fingerprint density at radius 1 is 1.91 bits per heavy atom. The fraction of sp³-hybridized carbons (Fsp3) is 0.625. The Morgan fingerprint density at radius 2 is 2.64 bits per heavy atom. The van der Waals surface area contributed by atoms with E-state index in [0.29, 0.717) is 6.04 Å². The van der Waals surface area contributed by atoms with Crippen LogP contribution in [0.25, 0.3) is 0 Å². The molecule has 1 amide bonds. The Kier molecular flexibility index (Phi) is 2.65. The summed E-state index contributed by atoms with van der Waals surface area (Å²) in [6.07, 6.45) is 2.49. The summed E-state index contributed by atoms with van der Waals surface area (Å²) in [4.78, 5) is 12.9. The first-order valence-electron chi connectivity index (χ1n) is 3.87. The SMILES string of the molecule is C=CC(=O)N1CCC1CNC. The van der Waals surface area contributed by atoms with Crippen molar-refractivity contribution >= 4 is 5.91 Å². The van der Waals surface area contributed by atoms with Crippen LogP contribution in [0.4, 0.5) is 0 Å². The minimum atomic E-state index is 0.0523. The minimum absolute atomic E-state index is 0.0523. The van der Waals surface area contributed by atoms with Crippen LogP contribution in [-0.4, -0.2) is 37.0 Å². The van der Waals surface area contributed by atoms with E-state index in [-0.39, 0.29) is 5.91 Å². The molecule has 1 N–H and O–H groups in total. The molecule has 0 aromatic heterocycles. The fourth-order valence-corrected chi connectivity index (χ4v) is 1.30. The first kappa shape index (κ1) is 8.27. The highest BCUT2D eigenvalue weighted by atomic mass is 16.2. The molecule has 62 valence electrons. The van der Waals surface area contributed by atoms with E-state index in [1.165, 1.54) is 6.08 Å². The molecule has 1 saturated heterocycles. The molecule has 3 nitrogen and oxygen atoms in total. The molecule has 1 aliphatic rings. The maximum atomic E-state index is 11.1. The van der Waals surface area contributed by atoms with E-state index in [1.54, 1.807) is 0 Å². The van der Waals surface area contributed by atoms with Gasteiger partial charge in [-0.25, -0.2) is 0 Å². The lowest BCUT2D eigenvalue weighted by atomic mass is 10.0. The second-order valence-corrected chi connectivity index (χ2v) is 2.74. The third kappa shape index (κ3) is 1.60. The van der Waals surface area contributed by atoms with Gasteiger partial charge in [0, 0.05) is 19.1 Å². The third-order valence-electron chi connectivity index (χ3n) is 2.04. The van der Waals surface area contributed by atoms with Gasteiger partial charge in [0.2, 0.25) is 5.91 Å². The Morgan fingerprint density at radius 3 is 3.00 bits per heavy atom. The van der Waals surface area contributed by atoms with E-state index < -0.39 is 0 Å². The molecule has 0 aromatic rings.